The SMILES string of the molecule is CCCCOc1ccc(-c2nc(CN)co2)cc1. The van der Waals surface area contributed by atoms with Gasteiger partial charge in [0.2, 0.25) is 5.89 Å². The average Bonchev–Trinajstić information content (AvgIpc) is 2.89. The van der Waals surface area contributed by atoms with E-state index in [2.05, 4.69) is 11.9 Å². The van der Waals surface area contributed by atoms with E-state index in [1.807, 2.05) is 24.3 Å². The highest BCUT2D eigenvalue weighted by Gasteiger charge is 2.05. The highest BCUT2D eigenvalue weighted by molar-refractivity contribution is 5.54. The van der Waals surface area contributed by atoms with Crippen molar-refractivity contribution >= 4 is 0 Å². The lowest BCUT2D eigenvalue weighted by Gasteiger charge is -2.05. The third-order valence-electron chi connectivity index (χ3n) is 2.63. The quantitative estimate of drug-likeness (QED) is 0.796. The highest BCUT2D eigenvalue weighted by Crippen LogP contribution is 2.21. The zero-order valence-corrected chi connectivity index (χ0v) is 10.6. The van der Waals surface area contributed by atoms with Crippen LogP contribution in [-0.2, 0) is 6.54 Å². The average molecular weight is 246 g/mol. The van der Waals surface area contributed by atoms with Crippen LogP contribution in [0.5, 0.6) is 5.75 Å². The van der Waals surface area contributed by atoms with Crippen molar-refractivity contribution in [2.45, 2.75) is 26.3 Å². The minimum atomic E-state index is 0.391. The largest absolute Gasteiger partial charge is 0.494 e. The Labute approximate surface area is 107 Å². The molecule has 1 aromatic heterocycles. The molecule has 96 valence electrons. The van der Waals surface area contributed by atoms with Gasteiger partial charge in [0.15, 0.2) is 0 Å². The number of benzene rings is 1. The molecule has 1 aromatic carbocycles. The van der Waals surface area contributed by atoms with E-state index in [1.165, 1.54) is 0 Å². The molecule has 1 heterocycles. The van der Waals surface area contributed by atoms with E-state index in [1.54, 1.807) is 6.26 Å². The Morgan fingerprint density at radius 2 is 2.06 bits per heavy atom. The summed E-state index contributed by atoms with van der Waals surface area (Å²) in [6, 6.07) is 7.73. The number of aromatic nitrogens is 1. The molecular formula is C14H18N2O2. The zero-order chi connectivity index (χ0) is 12.8. The number of ether oxygens (including phenoxy) is 1. The van der Waals surface area contributed by atoms with Crippen LogP contribution < -0.4 is 10.5 Å². The number of nitrogens with zero attached hydrogens (tertiary/aromatic N) is 1. The summed E-state index contributed by atoms with van der Waals surface area (Å²) in [6.45, 7) is 3.29. The fraction of sp³-hybridized carbons (Fsp3) is 0.357. The maximum Gasteiger partial charge on any atom is 0.226 e. The molecular weight excluding hydrogens is 228 g/mol. The van der Waals surface area contributed by atoms with Gasteiger partial charge >= 0.3 is 0 Å². The molecule has 2 N–H and O–H groups in total. The molecule has 0 spiro atoms. The zero-order valence-electron chi connectivity index (χ0n) is 10.6. The molecule has 0 aliphatic heterocycles. The Hall–Kier alpha value is -1.81. The van der Waals surface area contributed by atoms with Gasteiger partial charge in [0.05, 0.1) is 12.3 Å². The van der Waals surface area contributed by atoms with Crippen molar-refractivity contribution in [3.8, 4) is 17.2 Å². The third-order valence-corrected chi connectivity index (χ3v) is 2.63. The van der Waals surface area contributed by atoms with E-state index < -0.39 is 0 Å². The fourth-order valence-electron chi connectivity index (χ4n) is 1.56. The summed E-state index contributed by atoms with van der Waals surface area (Å²) < 4.78 is 10.9. The molecule has 0 fully saturated rings. The number of unbranched alkanes of at least 4 members (excludes halogenated alkanes) is 1. The van der Waals surface area contributed by atoms with E-state index in [0.29, 0.717) is 12.4 Å². The maximum absolute atomic E-state index is 5.59. The molecule has 2 rings (SSSR count). The molecule has 0 aliphatic rings. The Kier molecular flexibility index (Phi) is 4.36. The van der Waals surface area contributed by atoms with E-state index in [9.17, 15) is 0 Å². The first-order valence-electron chi connectivity index (χ1n) is 6.21. The van der Waals surface area contributed by atoms with Crippen LogP contribution in [0.25, 0.3) is 11.5 Å². The molecule has 4 heteroatoms. The van der Waals surface area contributed by atoms with E-state index in [4.69, 9.17) is 14.9 Å². The molecule has 0 amide bonds. The third kappa shape index (κ3) is 3.11. The summed E-state index contributed by atoms with van der Waals surface area (Å²) >= 11 is 0. The van der Waals surface area contributed by atoms with E-state index in [-0.39, 0.29) is 0 Å². The van der Waals surface area contributed by atoms with Crippen LogP contribution in [-0.4, -0.2) is 11.6 Å². The first-order chi connectivity index (χ1) is 8.83. The standard InChI is InChI=1S/C14H18N2O2/c1-2-3-8-17-13-6-4-11(5-7-13)14-16-12(9-15)10-18-14/h4-7,10H,2-3,8-9,15H2,1H3. The summed E-state index contributed by atoms with van der Waals surface area (Å²) in [6.07, 6.45) is 3.79. The van der Waals surface area contributed by atoms with Crippen LogP contribution >= 0.6 is 0 Å². The van der Waals surface area contributed by atoms with Crippen molar-refractivity contribution in [3.63, 3.8) is 0 Å². The molecule has 0 saturated heterocycles. The minimum absolute atomic E-state index is 0.391. The first-order valence-corrected chi connectivity index (χ1v) is 6.21. The Bertz CT molecular complexity index is 477. The van der Waals surface area contributed by atoms with E-state index >= 15 is 0 Å². The van der Waals surface area contributed by atoms with Gasteiger partial charge < -0.3 is 14.9 Å². The second-order valence-corrected chi connectivity index (χ2v) is 4.07. The second kappa shape index (κ2) is 6.21. The van der Waals surface area contributed by atoms with Crippen LogP contribution in [0.4, 0.5) is 0 Å². The molecule has 2 aromatic rings. The van der Waals surface area contributed by atoms with Gasteiger partial charge in [-0.15, -0.1) is 0 Å². The normalized spacial score (nSPS) is 10.6. The van der Waals surface area contributed by atoms with Gasteiger partial charge in [-0.2, -0.15) is 0 Å². The van der Waals surface area contributed by atoms with Gasteiger partial charge in [-0.05, 0) is 30.7 Å². The molecule has 0 saturated carbocycles. The summed E-state index contributed by atoms with van der Waals surface area (Å²) in [4.78, 5) is 4.27. The minimum Gasteiger partial charge on any atom is -0.494 e. The molecule has 4 nitrogen and oxygen atoms in total. The van der Waals surface area contributed by atoms with Crippen molar-refractivity contribution in [3.05, 3.63) is 36.2 Å². The number of rotatable bonds is 6. The van der Waals surface area contributed by atoms with Crippen LogP contribution in [0.2, 0.25) is 0 Å². The van der Waals surface area contributed by atoms with Crippen LogP contribution in [0, 0.1) is 0 Å². The van der Waals surface area contributed by atoms with Gasteiger partial charge in [-0.1, -0.05) is 13.3 Å². The summed E-state index contributed by atoms with van der Waals surface area (Å²) in [5.41, 5.74) is 7.18. The van der Waals surface area contributed by atoms with Gasteiger partial charge in [0.1, 0.15) is 12.0 Å². The topological polar surface area (TPSA) is 61.3 Å². The Morgan fingerprint density at radius 3 is 2.67 bits per heavy atom. The summed E-state index contributed by atoms with van der Waals surface area (Å²) in [7, 11) is 0. The number of hydrogen-bond acceptors (Lipinski definition) is 4. The van der Waals surface area contributed by atoms with Crippen molar-refractivity contribution in [1.29, 1.82) is 0 Å². The fourth-order valence-corrected chi connectivity index (χ4v) is 1.56. The molecule has 0 bridgehead atoms. The lowest BCUT2D eigenvalue weighted by molar-refractivity contribution is 0.309. The number of hydrogen-bond donors (Lipinski definition) is 1. The van der Waals surface area contributed by atoms with E-state index in [0.717, 1.165) is 36.5 Å². The van der Waals surface area contributed by atoms with Crippen molar-refractivity contribution in [2.75, 3.05) is 6.61 Å². The maximum atomic E-state index is 5.59. The van der Waals surface area contributed by atoms with Gasteiger partial charge in [0.25, 0.3) is 0 Å². The van der Waals surface area contributed by atoms with Gasteiger partial charge in [-0.3, -0.25) is 0 Å². The highest BCUT2D eigenvalue weighted by atomic mass is 16.5. The Balaban J connectivity index is 2.02. The smallest absolute Gasteiger partial charge is 0.226 e. The molecule has 0 aliphatic carbocycles. The molecule has 18 heavy (non-hydrogen) atoms. The van der Waals surface area contributed by atoms with Crippen LogP contribution in [0.3, 0.4) is 0 Å². The lowest BCUT2D eigenvalue weighted by atomic mass is 10.2. The lowest BCUT2D eigenvalue weighted by Crippen LogP contribution is -1.96. The predicted molar refractivity (Wildman–Crippen MR) is 70.2 cm³/mol. The predicted octanol–water partition coefficient (Wildman–Crippen LogP) is 2.98. The number of nitrogens with two attached hydrogens (primary N) is 1. The Morgan fingerprint density at radius 1 is 1.28 bits per heavy atom. The van der Waals surface area contributed by atoms with Gasteiger partial charge in [-0.25, -0.2) is 4.98 Å². The van der Waals surface area contributed by atoms with Crippen molar-refractivity contribution < 1.29 is 9.15 Å². The molecule has 0 unspecified atom stereocenters. The van der Waals surface area contributed by atoms with Crippen molar-refractivity contribution in [1.82, 2.24) is 4.98 Å². The van der Waals surface area contributed by atoms with Gasteiger partial charge in [0, 0.05) is 12.1 Å². The molecule has 0 atom stereocenters. The van der Waals surface area contributed by atoms with Crippen molar-refractivity contribution in [2.24, 2.45) is 5.73 Å². The second-order valence-electron chi connectivity index (χ2n) is 4.07. The number of oxazole rings is 1. The van der Waals surface area contributed by atoms with Crippen LogP contribution in [0.15, 0.2) is 34.9 Å². The monoisotopic (exact) mass is 246 g/mol. The summed E-state index contributed by atoms with van der Waals surface area (Å²) in [5.74, 6) is 1.47. The van der Waals surface area contributed by atoms with Crippen LogP contribution in [0.1, 0.15) is 25.5 Å². The first kappa shape index (κ1) is 12.6. The summed E-state index contributed by atoms with van der Waals surface area (Å²) in [5, 5.41) is 0. The molecule has 0 radical (unpaired) electrons.